The van der Waals surface area contributed by atoms with Crippen LogP contribution in [0.15, 0.2) is 12.1 Å². The maximum atomic E-state index is 10.6. The van der Waals surface area contributed by atoms with E-state index in [0.29, 0.717) is 17.9 Å². The van der Waals surface area contributed by atoms with Gasteiger partial charge in [0.15, 0.2) is 11.5 Å². The molecule has 0 saturated carbocycles. The molecule has 0 saturated heterocycles. The molecule has 94 valence electrons. The lowest BCUT2D eigenvalue weighted by molar-refractivity contribution is -0.136. The highest BCUT2D eigenvalue weighted by Crippen LogP contribution is 2.33. The molecule has 1 rings (SSSR count). The second-order valence-electron chi connectivity index (χ2n) is 3.74. The first-order chi connectivity index (χ1) is 8.12. The number of carbonyl (C=O) groups is 1. The number of aliphatic carboxylic acids is 1. The topological polar surface area (TPSA) is 55.8 Å². The Morgan fingerprint density at radius 1 is 1.29 bits per heavy atom. The van der Waals surface area contributed by atoms with Crippen LogP contribution in [0.3, 0.4) is 0 Å². The van der Waals surface area contributed by atoms with Gasteiger partial charge in [0.25, 0.3) is 0 Å². The van der Waals surface area contributed by atoms with Crippen LogP contribution in [0.2, 0.25) is 0 Å². The Morgan fingerprint density at radius 2 is 2.00 bits per heavy atom. The molecule has 0 fully saturated rings. The molecule has 0 amide bonds. The van der Waals surface area contributed by atoms with E-state index in [1.165, 1.54) is 0 Å². The standard InChI is InChI=1S/C13H18O4/c1-4-9-7-10(5-6-12(14)15)13(17-3)11(8-9)16-2/h7-8H,4-6H2,1-3H3,(H,14,15). The molecule has 0 radical (unpaired) electrons. The number of hydrogen-bond acceptors (Lipinski definition) is 3. The van der Waals surface area contributed by atoms with E-state index in [-0.39, 0.29) is 6.42 Å². The van der Waals surface area contributed by atoms with Crippen LogP contribution >= 0.6 is 0 Å². The van der Waals surface area contributed by atoms with E-state index in [4.69, 9.17) is 14.6 Å². The molecule has 17 heavy (non-hydrogen) atoms. The van der Waals surface area contributed by atoms with Gasteiger partial charge in [0.1, 0.15) is 0 Å². The molecule has 0 aromatic heterocycles. The summed E-state index contributed by atoms with van der Waals surface area (Å²) in [5.74, 6) is 0.478. The van der Waals surface area contributed by atoms with E-state index in [1.807, 2.05) is 19.1 Å². The van der Waals surface area contributed by atoms with Crippen LogP contribution in [0.1, 0.15) is 24.5 Å². The second kappa shape index (κ2) is 6.13. The molecular formula is C13H18O4. The summed E-state index contributed by atoms with van der Waals surface area (Å²) < 4.78 is 10.5. The lowest BCUT2D eigenvalue weighted by Crippen LogP contribution is -2.02. The second-order valence-corrected chi connectivity index (χ2v) is 3.74. The minimum Gasteiger partial charge on any atom is -0.493 e. The Balaban J connectivity index is 3.10. The van der Waals surface area contributed by atoms with Crippen LogP contribution in [0.5, 0.6) is 11.5 Å². The number of carboxylic acid groups (broad SMARTS) is 1. The average Bonchev–Trinajstić information content (AvgIpc) is 2.34. The highest BCUT2D eigenvalue weighted by Gasteiger charge is 2.12. The normalized spacial score (nSPS) is 10.1. The number of carboxylic acids is 1. The highest BCUT2D eigenvalue weighted by atomic mass is 16.5. The Morgan fingerprint density at radius 3 is 2.47 bits per heavy atom. The summed E-state index contributed by atoms with van der Waals surface area (Å²) in [7, 11) is 3.14. The number of methoxy groups -OCH3 is 2. The van der Waals surface area contributed by atoms with E-state index in [0.717, 1.165) is 17.5 Å². The van der Waals surface area contributed by atoms with Crippen molar-refractivity contribution in [3.05, 3.63) is 23.3 Å². The van der Waals surface area contributed by atoms with Crippen LogP contribution < -0.4 is 9.47 Å². The first kappa shape index (κ1) is 13.4. The minimum absolute atomic E-state index is 0.0900. The predicted octanol–water partition coefficient (Wildman–Crippen LogP) is 2.28. The third kappa shape index (κ3) is 3.37. The van der Waals surface area contributed by atoms with Crippen molar-refractivity contribution in [2.45, 2.75) is 26.2 Å². The summed E-state index contributed by atoms with van der Waals surface area (Å²) in [6, 6.07) is 3.90. The molecule has 0 spiro atoms. The fraction of sp³-hybridized carbons (Fsp3) is 0.462. The molecule has 0 aliphatic heterocycles. The van der Waals surface area contributed by atoms with Gasteiger partial charge in [0.05, 0.1) is 14.2 Å². The van der Waals surface area contributed by atoms with E-state index < -0.39 is 5.97 Å². The van der Waals surface area contributed by atoms with Crippen LogP contribution in [-0.4, -0.2) is 25.3 Å². The quantitative estimate of drug-likeness (QED) is 0.826. The number of benzene rings is 1. The Hall–Kier alpha value is -1.71. The first-order valence-corrected chi connectivity index (χ1v) is 5.57. The maximum absolute atomic E-state index is 10.6. The lowest BCUT2D eigenvalue weighted by atomic mass is 10.0. The van der Waals surface area contributed by atoms with Crippen molar-refractivity contribution < 1.29 is 19.4 Å². The predicted molar refractivity (Wildman–Crippen MR) is 64.9 cm³/mol. The van der Waals surface area contributed by atoms with Gasteiger partial charge >= 0.3 is 5.97 Å². The van der Waals surface area contributed by atoms with Crippen LogP contribution in [0, 0.1) is 0 Å². The fourth-order valence-corrected chi connectivity index (χ4v) is 1.74. The highest BCUT2D eigenvalue weighted by molar-refractivity contribution is 5.67. The van der Waals surface area contributed by atoms with Gasteiger partial charge in [-0.2, -0.15) is 0 Å². The SMILES string of the molecule is CCc1cc(CCC(=O)O)c(OC)c(OC)c1. The van der Waals surface area contributed by atoms with Crippen LogP contribution in [-0.2, 0) is 17.6 Å². The van der Waals surface area contributed by atoms with Gasteiger partial charge in [-0.15, -0.1) is 0 Å². The van der Waals surface area contributed by atoms with E-state index in [1.54, 1.807) is 14.2 Å². The number of hydrogen-bond donors (Lipinski definition) is 1. The summed E-state index contributed by atoms with van der Waals surface area (Å²) in [6.07, 6.45) is 1.41. The Kier molecular flexibility index (Phi) is 4.82. The minimum atomic E-state index is -0.812. The van der Waals surface area contributed by atoms with Crippen molar-refractivity contribution in [2.75, 3.05) is 14.2 Å². The Labute approximate surface area is 101 Å². The van der Waals surface area contributed by atoms with Crippen molar-refractivity contribution in [3.8, 4) is 11.5 Å². The monoisotopic (exact) mass is 238 g/mol. The fourth-order valence-electron chi connectivity index (χ4n) is 1.74. The molecule has 0 aliphatic carbocycles. The molecule has 1 aromatic carbocycles. The molecule has 0 heterocycles. The summed E-state index contributed by atoms with van der Waals surface area (Å²) in [6.45, 7) is 2.04. The lowest BCUT2D eigenvalue weighted by Gasteiger charge is -2.14. The molecule has 0 unspecified atom stereocenters. The molecule has 4 heteroatoms. The summed E-state index contributed by atoms with van der Waals surface area (Å²) in [5.41, 5.74) is 1.99. The van der Waals surface area contributed by atoms with Crippen molar-refractivity contribution >= 4 is 5.97 Å². The van der Waals surface area contributed by atoms with E-state index in [9.17, 15) is 4.79 Å². The molecule has 0 bridgehead atoms. The van der Waals surface area contributed by atoms with Crippen molar-refractivity contribution in [1.29, 1.82) is 0 Å². The van der Waals surface area contributed by atoms with Gasteiger partial charge < -0.3 is 14.6 Å². The zero-order valence-corrected chi connectivity index (χ0v) is 10.4. The largest absolute Gasteiger partial charge is 0.493 e. The van der Waals surface area contributed by atoms with Gasteiger partial charge in [-0.25, -0.2) is 0 Å². The summed E-state index contributed by atoms with van der Waals surface area (Å²) in [4.78, 5) is 10.6. The third-order valence-corrected chi connectivity index (χ3v) is 2.63. The first-order valence-electron chi connectivity index (χ1n) is 5.57. The van der Waals surface area contributed by atoms with Gasteiger partial charge in [0, 0.05) is 6.42 Å². The maximum Gasteiger partial charge on any atom is 0.303 e. The zero-order valence-electron chi connectivity index (χ0n) is 10.4. The van der Waals surface area contributed by atoms with Gasteiger partial charge in [-0.1, -0.05) is 13.0 Å². The van der Waals surface area contributed by atoms with Crippen LogP contribution in [0.4, 0.5) is 0 Å². The van der Waals surface area contributed by atoms with Gasteiger partial charge in [-0.3, -0.25) is 4.79 Å². The summed E-state index contributed by atoms with van der Waals surface area (Å²) in [5, 5.41) is 8.72. The number of rotatable bonds is 6. The number of aryl methyl sites for hydroxylation is 2. The number of ether oxygens (including phenoxy) is 2. The molecule has 4 nitrogen and oxygen atoms in total. The zero-order chi connectivity index (χ0) is 12.8. The third-order valence-electron chi connectivity index (χ3n) is 2.63. The van der Waals surface area contributed by atoms with Gasteiger partial charge in [-0.05, 0) is 30.0 Å². The molecular weight excluding hydrogens is 220 g/mol. The van der Waals surface area contributed by atoms with Crippen molar-refractivity contribution in [2.24, 2.45) is 0 Å². The van der Waals surface area contributed by atoms with Crippen LogP contribution in [0.25, 0.3) is 0 Å². The van der Waals surface area contributed by atoms with Crippen molar-refractivity contribution in [3.63, 3.8) is 0 Å². The molecule has 1 N–H and O–H groups in total. The Bertz CT molecular complexity index is 399. The van der Waals surface area contributed by atoms with E-state index in [2.05, 4.69) is 0 Å². The van der Waals surface area contributed by atoms with Gasteiger partial charge in [0.2, 0.25) is 0 Å². The van der Waals surface area contributed by atoms with Crippen molar-refractivity contribution in [1.82, 2.24) is 0 Å². The van der Waals surface area contributed by atoms with E-state index >= 15 is 0 Å². The average molecular weight is 238 g/mol. The molecule has 0 aliphatic rings. The molecule has 0 atom stereocenters. The summed E-state index contributed by atoms with van der Waals surface area (Å²) >= 11 is 0. The molecule has 1 aromatic rings. The smallest absolute Gasteiger partial charge is 0.303 e.